The summed E-state index contributed by atoms with van der Waals surface area (Å²) >= 11 is 0. The largest absolute Gasteiger partial charge is 0.496 e. The van der Waals surface area contributed by atoms with Crippen molar-refractivity contribution in [3.05, 3.63) is 47.6 Å². The molecular formula is C39H54O4. The van der Waals surface area contributed by atoms with E-state index in [-0.39, 0.29) is 27.6 Å². The summed E-state index contributed by atoms with van der Waals surface area (Å²) in [4.78, 5) is 27.7. The fourth-order valence-electron chi connectivity index (χ4n) is 12.7. The highest BCUT2D eigenvalue weighted by molar-refractivity contribution is 6.04. The number of para-hydroxylation sites is 1. The number of allylic oxidation sites excluding steroid dienone is 2. The van der Waals surface area contributed by atoms with E-state index in [1.54, 1.807) is 14.2 Å². The van der Waals surface area contributed by atoms with Crippen LogP contribution in [0.5, 0.6) is 5.75 Å². The molecule has 6 rings (SSSR count). The number of methoxy groups -OCH3 is 2. The van der Waals surface area contributed by atoms with Gasteiger partial charge in [0.25, 0.3) is 0 Å². The van der Waals surface area contributed by atoms with Crippen molar-refractivity contribution in [2.75, 3.05) is 14.2 Å². The summed E-state index contributed by atoms with van der Waals surface area (Å²) in [6.45, 7) is 18.8. The van der Waals surface area contributed by atoms with Gasteiger partial charge in [0.15, 0.2) is 5.78 Å². The summed E-state index contributed by atoms with van der Waals surface area (Å²) in [5, 5.41) is 0. The maximum Gasteiger partial charge on any atom is 0.312 e. The molecule has 4 heteroatoms. The minimum atomic E-state index is -0.414. The molecule has 0 bridgehead atoms. The lowest BCUT2D eigenvalue weighted by Crippen LogP contribution is -2.67. The molecule has 9 atom stereocenters. The van der Waals surface area contributed by atoms with Crippen LogP contribution >= 0.6 is 0 Å². The molecule has 4 nitrogen and oxygen atoms in total. The summed E-state index contributed by atoms with van der Waals surface area (Å²) < 4.78 is 11.2. The first kappa shape index (κ1) is 30.7. The number of rotatable bonds is 4. The van der Waals surface area contributed by atoms with Gasteiger partial charge in [0.2, 0.25) is 0 Å². The van der Waals surface area contributed by atoms with Gasteiger partial charge in [-0.3, -0.25) is 9.59 Å². The Bertz CT molecular complexity index is 1370. The van der Waals surface area contributed by atoms with Crippen molar-refractivity contribution >= 4 is 17.8 Å². The second-order valence-electron chi connectivity index (χ2n) is 16.5. The molecule has 234 valence electrons. The standard InChI is InChI=1S/C39H54O4/c1-24(2)27-16-19-39(34(41)43-9)21-20-37(6)28(32(27)39)14-15-31-36(5)23-26(22-25-12-10-11-13-29(25)42-8)33(40)35(3,4)30(36)17-18-38(31,37)7/h10-13,22,27-28,30-32H,1,14-21,23H2,2-9H3/t27-,28+,30+,31+,32-,36+,37-,38-,39-/m1/s1. The molecule has 0 radical (unpaired) electrons. The molecule has 0 amide bonds. The number of hydrogen-bond acceptors (Lipinski definition) is 4. The zero-order chi connectivity index (χ0) is 31.2. The Hall–Kier alpha value is -2.36. The summed E-state index contributed by atoms with van der Waals surface area (Å²) in [5.74, 6) is 3.19. The fraction of sp³-hybridized carbons (Fsp3) is 0.692. The third-order valence-corrected chi connectivity index (χ3v) is 14.7. The number of ether oxygens (including phenoxy) is 2. The van der Waals surface area contributed by atoms with Crippen LogP contribution in [0.3, 0.4) is 0 Å². The lowest BCUT2D eigenvalue weighted by atomic mass is 9.32. The monoisotopic (exact) mass is 586 g/mol. The van der Waals surface area contributed by atoms with Gasteiger partial charge in [-0.15, -0.1) is 0 Å². The van der Waals surface area contributed by atoms with Crippen LogP contribution < -0.4 is 4.74 Å². The summed E-state index contributed by atoms with van der Waals surface area (Å²) in [6.07, 6.45) is 11.5. The Kier molecular flexibility index (Phi) is 7.18. The van der Waals surface area contributed by atoms with Gasteiger partial charge in [0.05, 0.1) is 19.6 Å². The van der Waals surface area contributed by atoms with Crippen molar-refractivity contribution in [3.8, 4) is 5.75 Å². The molecule has 5 saturated carbocycles. The van der Waals surface area contributed by atoms with E-state index in [1.165, 1.54) is 5.57 Å². The molecule has 5 fully saturated rings. The predicted molar refractivity (Wildman–Crippen MR) is 172 cm³/mol. The lowest BCUT2D eigenvalue weighted by molar-refractivity contribution is -0.232. The molecule has 0 spiro atoms. The first-order chi connectivity index (χ1) is 20.2. The van der Waals surface area contributed by atoms with Gasteiger partial charge in [-0.2, -0.15) is 0 Å². The van der Waals surface area contributed by atoms with Crippen molar-refractivity contribution < 1.29 is 19.1 Å². The Labute approximate surface area is 260 Å². The number of ketones is 1. The van der Waals surface area contributed by atoms with Gasteiger partial charge >= 0.3 is 5.97 Å². The Balaban J connectivity index is 1.42. The minimum Gasteiger partial charge on any atom is -0.496 e. The number of benzene rings is 1. The lowest BCUT2D eigenvalue weighted by Gasteiger charge is -2.72. The third kappa shape index (κ3) is 3.99. The smallest absolute Gasteiger partial charge is 0.312 e. The first-order valence-corrected chi connectivity index (χ1v) is 16.8. The number of Topliss-reactive ketones (excluding diaryl/α,β-unsaturated/α-hetero) is 1. The molecule has 5 aliphatic rings. The molecule has 1 aromatic carbocycles. The zero-order valence-corrected chi connectivity index (χ0v) is 28.0. The fourth-order valence-corrected chi connectivity index (χ4v) is 12.7. The van der Waals surface area contributed by atoms with E-state index in [0.717, 1.165) is 74.7 Å². The average Bonchev–Trinajstić information content (AvgIpc) is 3.37. The van der Waals surface area contributed by atoms with Crippen LogP contribution in [-0.2, 0) is 14.3 Å². The molecule has 0 saturated heterocycles. The van der Waals surface area contributed by atoms with E-state index in [2.05, 4.69) is 60.3 Å². The van der Waals surface area contributed by atoms with Crippen LogP contribution in [0, 0.1) is 56.7 Å². The quantitative estimate of drug-likeness (QED) is 0.201. The molecule has 0 unspecified atom stereocenters. The minimum absolute atomic E-state index is 0.0184. The summed E-state index contributed by atoms with van der Waals surface area (Å²) in [6, 6.07) is 8.05. The average molecular weight is 587 g/mol. The Morgan fingerprint density at radius 1 is 0.907 bits per heavy atom. The van der Waals surface area contributed by atoms with E-state index in [1.807, 2.05) is 18.2 Å². The normalized spacial score (nSPS) is 44.0. The highest BCUT2D eigenvalue weighted by atomic mass is 16.5. The molecule has 1 aromatic rings. The van der Waals surface area contributed by atoms with Crippen molar-refractivity contribution in [3.63, 3.8) is 0 Å². The number of fused-ring (bicyclic) bond motifs is 7. The number of carbonyl (C=O) groups excluding carboxylic acids is 2. The van der Waals surface area contributed by atoms with E-state index < -0.39 is 5.41 Å². The van der Waals surface area contributed by atoms with Gasteiger partial charge in [-0.05, 0) is 128 Å². The maximum absolute atomic E-state index is 14.2. The van der Waals surface area contributed by atoms with Crippen molar-refractivity contribution in [1.82, 2.24) is 0 Å². The van der Waals surface area contributed by atoms with Gasteiger partial charge in [-0.25, -0.2) is 0 Å². The van der Waals surface area contributed by atoms with Gasteiger partial charge < -0.3 is 9.47 Å². The van der Waals surface area contributed by atoms with Gasteiger partial charge in [0, 0.05) is 11.0 Å². The molecule has 43 heavy (non-hydrogen) atoms. The third-order valence-electron chi connectivity index (χ3n) is 14.7. The second-order valence-corrected chi connectivity index (χ2v) is 16.5. The molecule has 5 aliphatic carbocycles. The Morgan fingerprint density at radius 3 is 2.30 bits per heavy atom. The van der Waals surface area contributed by atoms with Crippen LogP contribution in [0.2, 0.25) is 0 Å². The summed E-state index contributed by atoms with van der Waals surface area (Å²) in [7, 11) is 3.29. The molecular weight excluding hydrogens is 532 g/mol. The van der Waals surface area contributed by atoms with Crippen molar-refractivity contribution in [1.29, 1.82) is 0 Å². The van der Waals surface area contributed by atoms with Crippen LogP contribution in [0.15, 0.2) is 42.0 Å². The number of esters is 1. The SMILES string of the molecule is C=C(C)[C@H]1CC[C@@]2(C(=O)OC)CC[C@]3(C)[C@@H](CC[C@H]4[C@@]5(C)CC(=Cc6ccccc6OC)C(=O)C(C)(C)[C@@H]5CC[C@]43C)[C@@H]12. The van der Waals surface area contributed by atoms with Crippen LogP contribution in [0.1, 0.15) is 105 Å². The van der Waals surface area contributed by atoms with Crippen LogP contribution in [-0.4, -0.2) is 26.0 Å². The maximum atomic E-state index is 14.2. The highest BCUT2D eigenvalue weighted by Gasteiger charge is 2.72. The molecule has 0 heterocycles. The number of carbonyl (C=O) groups is 2. The summed E-state index contributed by atoms with van der Waals surface area (Å²) in [5.41, 5.74) is 2.68. The van der Waals surface area contributed by atoms with Gasteiger partial charge in [-0.1, -0.05) is 65.0 Å². The van der Waals surface area contributed by atoms with Crippen LogP contribution in [0.4, 0.5) is 0 Å². The van der Waals surface area contributed by atoms with Crippen molar-refractivity contribution in [2.24, 2.45) is 56.7 Å². The molecule has 0 aromatic heterocycles. The van der Waals surface area contributed by atoms with E-state index in [0.29, 0.717) is 35.4 Å². The molecule has 0 aliphatic heterocycles. The Morgan fingerprint density at radius 2 is 1.63 bits per heavy atom. The first-order valence-electron chi connectivity index (χ1n) is 16.8. The van der Waals surface area contributed by atoms with Crippen LogP contribution in [0.25, 0.3) is 6.08 Å². The van der Waals surface area contributed by atoms with Crippen molar-refractivity contribution in [2.45, 2.75) is 99.3 Å². The zero-order valence-electron chi connectivity index (χ0n) is 28.0. The second kappa shape index (κ2) is 10.1. The predicted octanol–water partition coefficient (Wildman–Crippen LogP) is 9.09. The van der Waals surface area contributed by atoms with Gasteiger partial charge in [0.1, 0.15) is 5.75 Å². The van der Waals surface area contributed by atoms with E-state index >= 15 is 0 Å². The highest BCUT2D eigenvalue weighted by Crippen LogP contribution is 2.77. The van der Waals surface area contributed by atoms with E-state index in [9.17, 15) is 9.59 Å². The molecule has 0 N–H and O–H groups in total. The van der Waals surface area contributed by atoms with E-state index in [4.69, 9.17) is 9.47 Å². The topological polar surface area (TPSA) is 52.6 Å². The number of hydrogen-bond donors (Lipinski definition) is 0.